The maximum absolute atomic E-state index is 12.2. The van der Waals surface area contributed by atoms with E-state index >= 15 is 0 Å². The van der Waals surface area contributed by atoms with Gasteiger partial charge in [0.15, 0.2) is 0 Å². The summed E-state index contributed by atoms with van der Waals surface area (Å²) in [6.07, 6.45) is 2.68. The third-order valence-electron chi connectivity index (χ3n) is 4.05. The van der Waals surface area contributed by atoms with Crippen LogP contribution in [0.15, 0.2) is 0 Å². The van der Waals surface area contributed by atoms with Crippen LogP contribution in [0.2, 0.25) is 0 Å². The van der Waals surface area contributed by atoms with Gasteiger partial charge in [-0.3, -0.25) is 10.1 Å². The zero-order valence-electron chi connectivity index (χ0n) is 12.0. The molecule has 2 heterocycles. The Kier molecular flexibility index (Phi) is 4.62. The summed E-state index contributed by atoms with van der Waals surface area (Å²) < 4.78 is 0. The third kappa shape index (κ3) is 3.23. The van der Waals surface area contributed by atoms with Crippen LogP contribution in [0.4, 0.5) is 0 Å². The quantitative estimate of drug-likeness (QED) is 0.798. The fraction of sp³-hybridized carbons (Fsp3) is 0.929. The summed E-state index contributed by atoms with van der Waals surface area (Å²) in [7, 11) is 0. The summed E-state index contributed by atoms with van der Waals surface area (Å²) in [6.45, 7) is 11.7. The average molecular weight is 253 g/mol. The van der Waals surface area contributed by atoms with Crippen LogP contribution in [-0.2, 0) is 4.79 Å². The predicted octanol–water partition coefficient (Wildman–Crippen LogP) is 1.13. The molecule has 4 nitrogen and oxygen atoms in total. The first kappa shape index (κ1) is 13.8. The van der Waals surface area contributed by atoms with Gasteiger partial charge in [0.05, 0.1) is 12.7 Å². The van der Waals surface area contributed by atoms with Crippen molar-refractivity contribution in [3.63, 3.8) is 0 Å². The highest BCUT2D eigenvalue weighted by Gasteiger charge is 2.33. The Balaban J connectivity index is 1.77. The third-order valence-corrected chi connectivity index (χ3v) is 4.05. The van der Waals surface area contributed by atoms with Gasteiger partial charge in [-0.05, 0) is 37.8 Å². The number of likely N-dealkylation sites (tertiary alicyclic amines) is 1. The summed E-state index contributed by atoms with van der Waals surface area (Å²) in [4.78, 5) is 16.7. The van der Waals surface area contributed by atoms with E-state index in [0.717, 1.165) is 19.8 Å². The molecule has 2 atom stereocenters. The van der Waals surface area contributed by atoms with E-state index in [9.17, 15) is 4.79 Å². The second-order valence-electron chi connectivity index (χ2n) is 6.26. The maximum atomic E-state index is 12.2. The van der Waals surface area contributed by atoms with Gasteiger partial charge in [0.25, 0.3) is 0 Å². The SMILES string of the molecule is CC(CN1CCCC1)CN1CNC(C(C)C)C1=O. The zero-order valence-corrected chi connectivity index (χ0v) is 12.0. The number of rotatable bonds is 5. The minimum Gasteiger partial charge on any atom is -0.328 e. The van der Waals surface area contributed by atoms with Gasteiger partial charge in [-0.15, -0.1) is 0 Å². The number of nitrogens with zero attached hydrogens (tertiary/aromatic N) is 2. The Morgan fingerprint density at radius 1 is 1.22 bits per heavy atom. The van der Waals surface area contributed by atoms with Gasteiger partial charge in [0.1, 0.15) is 0 Å². The largest absolute Gasteiger partial charge is 0.328 e. The van der Waals surface area contributed by atoms with E-state index < -0.39 is 0 Å². The molecule has 1 amide bonds. The molecule has 4 heteroatoms. The molecule has 0 aromatic rings. The van der Waals surface area contributed by atoms with Gasteiger partial charge in [-0.25, -0.2) is 0 Å². The van der Waals surface area contributed by atoms with E-state index in [1.54, 1.807) is 0 Å². The molecular weight excluding hydrogens is 226 g/mol. The van der Waals surface area contributed by atoms with Gasteiger partial charge < -0.3 is 9.80 Å². The smallest absolute Gasteiger partial charge is 0.241 e. The van der Waals surface area contributed by atoms with Crippen molar-refractivity contribution in [2.24, 2.45) is 11.8 Å². The van der Waals surface area contributed by atoms with Crippen molar-refractivity contribution < 1.29 is 4.79 Å². The lowest BCUT2D eigenvalue weighted by atomic mass is 10.0. The van der Waals surface area contributed by atoms with Gasteiger partial charge >= 0.3 is 0 Å². The minimum atomic E-state index is 0.0315. The van der Waals surface area contributed by atoms with Crippen molar-refractivity contribution in [2.45, 2.75) is 39.7 Å². The molecule has 2 aliphatic heterocycles. The molecule has 104 valence electrons. The van der Waals surface area contributed by atoms with Gasteiger partial charge in [0, 0.05) is 13.1 Å². The van der Waals surface area contributed by atoms with Crippen molar-refractivity contribution >= 4 is 5.91 Å². The van der Waals surface area contributed by atoms with E-state index in [0.29, 0.717) is 17.7 Å². The lowest BCUT2D eigenvalue weighted by Crippen LogP contribution is -2.38. The Labute approximate surface area is 111 Å². The van der Waals surface area contributed by atoms with E-state index in [-0.39, 0.29) is 6.04 Å². The molecule has 2 rings (SSSR count). The lowest BCUT2D eigenvalue weighted by Gasteiger charge is -2.24. The first-order valence-corrected chi connectivity index (χ1v) is 7.32. The van der Waals surface area contributed by atoms with Crippen LogP contribution in [0.3, 0.4) is 0 Å². The molecule has 2 unspecified atom stereocenters. The first-order valence-electron chi connectivity index (χ1n) is 7.32. The molecule has 0 saturated carbocycles. The molecule has 2 saturated heterocycles. The van der Waals surface area contributed by atoms with Gasteiger partial charge in [-0.1, -0.05) is 20.8 Å². The number of nitrogens with one attached hydrogen (secondary N) is 1. The normalized spacial score (nSPS) is 27.4. The fourth-order valence-electron chi connectivity index (χ4n) is 3.09. The molecule has 0 aromatic carbocycles. The Bertz CT molecular complexity index is 287. The summed E-state index contributed by atoms with van der Waals surface area (Å²) >= 11 is 0. The topological polar surface area (TPSA) is 35.6 Å². The number of hydrogen-bond donors (Lipinski definition) is 1. The molecule has 0 bridgehead atoms. The van der Waals surface area contributed by atoms with Gasteiger partial charge in [-0.2, -0.15) is 0 Å². The first-order chi connectivity index (χ1) is 8.58. The predicted molar refractivity (Wildman–Crippen MR) is 73.2 cm³/mol. The summed E-state index contributed by atoms with van der Waals surface area (Å²) in [6, 6.07) is 0.0315. The maximum Gasteiger partial charge on any atom is 0.241 e. The molecule has 0 aliphatic carbocycles. The number of hydrogen-bond acceptors (Lipinski definition) is 3. The summed E-state index contributed by atoms with van der Waals surface area (Å²) in [5.41, 5.74) is 0. The van der Waals surface area contributed by atoms with Crippen LogP contribution in [0.5, 0.6) is 0 Å². The number of amides is 1. The fourth-order valence-corrected chi connectivity index (χ4v) is 3.09. The Morgan fingerprint density at radius 3 is 2.44 bits per heavy atom. The molecule has 2 aliphatic rings. The Hall–Kier alpha value is -0.610. The number of carbonyl (C=O) groups excluding carboxylic acids is 1. The van der Waals surface area contributed by atoms with Crippen molar-refractivity contribution in [1.82, 2.24) is 15.1 Å². The van der Waals surface area contributed by atoms with Crippen LogP contribution in [0.25, 0.3) is 0 Å². The highest BCUT2D eigenvalue weighted by atomic mass is 16.2. The van der Waals surface area contributed by atoms with E-state index in [4.69, 9.17) is 0 Å². The zero-order chi connectivity index (χ0) is 13.1. The standard InChI is InChI=1S/C14H27N3O/c1-11(2)13-14(18)17(10-15-13)9-12(3)8-16-6-4-5-7-16/h11-13,15H,4-10H2,1-3H3. The van der Waals surface area contributed by atoms with Crippen molar-refractivity contribution in [1.29, 1.82) is 0 Å². The lowest BCUT2D eigenvalue weighted by molar-refractivity contribution is -0.130. The van der Waals surface area contributed by atoms with Crippen molar-refractivity contribution in [2.75, 3.05) is 32.8 Å². The van der Waals surface area contributed by atoms with Crippen LogP contribution in [0, 0.1) is 11.8 Å². The minimum absolute atomic E-state index is 0.0315. The van der Waals surface area contributed by atoms with Crippen molar-refractivity contribution in [3.05, 3.63) is 0 Å². The van der Waals surface area contributed by atoms with E-state index in [2.05, 4.69) is 31.0 Å². The molecule has 18 heavy (non-hydrogen) atoms. The van der Waals surface area contributed by atoms with Crippen LogP contribution in [0.1, 0.15) is 33.6 Å². The van der Waals surface area contributed by atoms with Crippen LogP contribution < -0.4 is 5.32 Å². The van der Waals surface area contributed by atoms with E-state index in [1.165, 1.54) is 25.9 Å². The molecule has 2 fully saturated rings. The molecule has 0 aromatic heterocycles. The van der Waals surface area contributed by atoms with E-state index in [1.807, 2.05) is 4.90 Å². The molecular formula is C14H27N3O. The molecule has 1 N–H and O–H groups in total. The molecule has 0 spiro atoms. The highest BCUT2D eigenvalue weighted by molar-refractivity contribution is 5.84. The summed E-state index contributed by atoms with van der Waals surface area (Å²) in [5.74, 6) is 1.24. The summed E-state index contributed by atoms with van der Waals surface area (Å²) in [5, 5.41) is 3.32. The average Bonchev–Trinajstić information content (AvgIpc) is 2.90. The van der Waals surface area contributed by atoms with Crippen LogP contribution in [-0.4, -0.2) is 54.6 Å². The highest BCUT2D eigenvalue weighted by Crippen LogP contribution is 2.15. The second-order valence-corrected chi connectivity index (χ2v) is 6.26. The van der Waals surface area contributed by atoms with Crippen LogP contribution >= 0.6 is 0 Å². The monoisotopic (exact) mass is 253 g/mol. The Morgan fingerprint density at radius 2 is 1.89 bits per heavy atom. The second kappa shape index (κ2) is 6.02. The van der Waals surface area contributed by atoms with Crippen molar-refractivity contribution in [3.8, 4) is 0 Å². The van der Waals surface area contributed by atoms with Gasteiger partial charge in [0.2, 0.25) is 5.91 Å². The molecule has 0 radical (unpaired) electrons. The number of carbonyl (C=O) groups is 1.